The van der Waals surface area contributed by atoms with Gasteiger partial charge in [-0.05, 0) is 12.8 Å². The highest BCUT2D eigenvalue weighted by Crippen LogP contribution is 2.40. The summed E-state index contributed by atoms with van der Waals surface area (Å²) in [4.78, 5) is 11.2. The second-order valence-corrected chi connectivity index (χ2v) is 8.44. The van der Waals surface area contributed by atoms with Crippen LogP contribution in [-0.4, -0.2) is 51.6 Å². The highest BCUT2D eigenvalue weighted by atomic mass is 16.9. The van der Waals surface area contributed by atoms with Crippen LogP contribution in [0.2, 0.25) is 0 Å². The van der Waals surface area contributed by atoms with Crippen molar-refractivity contribution in [1.82, 2.24) is 0 Å². The van der Waals surface area contributed by atoms with E-state index in [9.17, 15) is 4.79 Å². The van der Waals surface area contributed by atoms with Crippen molar-refractivity contribution in [2.75, 3.05) is 39.6 Å². The third-order valence-electron chi connectivity index (χ3n) is 4.91. The van der Waals surface area contributed by atoms with Gasteiger partial charge >= 0.3 is 5.97 Å². The molecule has 6 heteroatoms. The lowest BCUT2D eigenvalue weighted by Gasteiger charge is -2.50. The number of carbonyl (C=O) groups is 1. The topological polar surface area (TPSA) is 63.2 Å². The number of rotatable bonds is 8. The van der Waals surface area contributed by atoms with E-state index in [1.807, 2.05) is 6.92 Å². The Morgan fingerprint density at radius 2 is 1.54 bits per heavy atom. The summed E-state index contributed by atoms with van der Waals surface area (Å²) in [6.07, 6.45) is 14.4. The second kappa shape index (κ2) is 10.3. The molecule has 0 atom stereocenters. The number of esters is 1. The highest BCUT2D eigenvalue weighted by molar-refractivity contribution is 5.69. The first kappa shape index (κ1) is 22.7. The molecule has 4 heterocycles. The fraction of sp³-hybridized carbons (Fsp3) is 0.773. The predicted octanol–water partition coefficient (Wildman–Crippen LogP) is 2.90. The first-order valence-electron chi connectivity index (χ1n) is 9.87. The number of fused-ring (bicyclic) bond motifs is 3. The van der Waals surface area contributed by atoms with Gasteiger partial charge in [0.1, 0.15) is 6.61 Å². The van der Waals surface area contributed by atoms with Crippen molar-refractivity contribution in [2.45, 2.75) is 58.3 Å². The van der Waals surface area contributed by atoms with Crippen molar-refractivity contribution in [1.29, 1.82) is 0 Å². The lowest BCUT2D eigenvalue weighted by Crippen LogP contribution is -2.58. The minimum atomic E-state index is -0.783. The van der Waals surface area contributed by atoms with Crippen LogP contribution < -0.4 is 0 Å². The Morgan fingerprint density at radius 3 is 2.04 bits per heavy atom. The van der Waals surface area contributed by atoms with Crippen molar-refractivity contribution in [2.24, 2.45) is 10.8 Å². The summed E-state index contributed by atoms with van der Waals surface area (Å²) in [7, 11) is 0. The summed E-state index contributed by atoms with van der Waals surface area (Å²) in [5.74, 6) is 4.15. The Hall–Kier alpha value is -1.57. The normalized spacial score (nSPS) is 29.4. The minimum absolute atomic E-state index is 0.0434. The van der Waals surface area contributed by atoms with Gasteiger partial charge in [-0.1, -0.05) is 13.8 Å². The molecule has 4 saturated heterocycles. The molecule has 0 N–H and O–H groups in total. The average molecular weight is 392 g/mol. The molecule has 2 bridgehead atoms. The van der Waals surface area contributed by atoms with Gasteiger partial charge in [0.15, 0.2) is 0 Å². The van der Waals surface area contributed by atoms with Gasteiger partial charge in [-0.3, -0.25) is 4.79 Å². The van der Waals surface area contributed by atoms with E-state index in [0.29, 0.717) is 39.1 Å². The first-order valence-corrected chi connectivity index (χ1v) is 9.87. The molecule has 4 rings (SSSR count). The zero-order valence-corrected chi connectivity index (χ0v) is 17.1. The van der Waals surface area contributed by atoms with E-state index < -0.39 is 5.97 Å². The van der Waals surface area contributed by atoms with Crippen molar-refractivity contribution in [3.63, 3.8) is 0 Å². The number of carbonyl (C=O) groups excluding carboxylic acids is 1. The van der Waals surface area contributed by atoms with Crippen LogP contribution >= 0.6 is 0 Å². The van der Waals surface area contributed by atoms with Gasteiger partial charge < -0.3 is 23.7 Å². The van der Waals surface area contributed by atoms with E-state index in [-0.39, 0.29) is 16.8 Å². The van der Waals surface area contributed by atoms with Gasteiger partial charge in [0.2, 0.25) is 0 Å². The lowest BCUT2D eigenvalue weighted by atomic mass is 9.90. The van der Waals surface area contributed by atoms with Crippen molar-refractivity contribution in [3.8, 4) is 24.7 Å². The van der Waals surface area contributed by atoms with Crippen molar-refractivity contribution >= 4 is 5.97 Å². The van der Waals surface area contributed by atoms with Crippen molar-refractivity contribution in [3.05, 3.63) is 0 Å². The van der Waals surface area contributed by atoms with Crippen LogP contribution in [0.25, 0.3) is 0 Å². The fourth-order valence-electron chi connectivity index (χ4n) is 2.92. The molecule has 0 saturated carbocycles. The van der Waals surface area contributed by atoms with E-state index in [1.165, 1.54) is 0 Å². The molecule has 6 nitrogen and oxygen atoms in total. The van der Waals surface area contributed by atoms with Crippen LogP contribution in [0.5, 0.6) is 0 Å². The largest absolute Gasteiger partial charge is 0.465 e. The summed E-state index contributed by atoms with van der Waals surface area (Å²) in [5, 5.41) is 0. The molecule has 28 heavy (non-hydrogen) atoms. The Morgan fingerprint density at radius 1 is 0.964 bits per heavy atom. The third kappa shape index (κ3) is 6.79. The summed E-state index contributed by atoms with van der Waals surface area (Å²) < 4.78 is 27.0. The first-order chi connectivity index (χ1) is 13.3. The summed E-state index contributed by atoms with van der Waals surface area (Å²) in [6, 6.07) is 0. The molecule has 4 aliphatic heterocycles. The van der Waals surface area contributed by atoms with E-state index in [4.69, 9.17) is 36.5 Å². The molecule has 0 amide bonds. The van der Waals surface area contributed by atoms with Gasteiger partial charge in [-0.2, -0.15) is 0 Å². The maximum Gasteiger partial charge on any atom is 0.305 e. The maximum absolute atomic E-state index is 11.2. The fourth-order valence-corrected chi connectivity index (χ4v) is 2.92. The molecule has 0 aromatic rings. The number of terminal acetylenes is 2. The van der Waals surface area contributed by atoms with Crippen molar-refractivity contribution < 1.29 is 28.5 Å². The van der Waals surface area contributed by atoms with Gasteiger partial charge in [0.25, 0.3) is 5.97 Å². The molecular weight excluding hydrogens is 360 g/mol. The zero-order valence-electron chi connectivity index (χ0n) is 17.1. The van der Waals surface area contributed by atoms with E-state index in [2.05, 4.69) is 18.8 Å². The second-order valence-electron chi connectivity index (χ2n) is 8.44. The third-order valence-corrected chi connectivity index (χ3v) is 4.91. The van der Waals surface area contributed by atoms with Crippen LogP contribution in [0.15, 0.2) is 0 Å². The monoisotopic (exact) mass is 392 g/mol. The van der Waals surface area contributed by atoms with Crippen LogP contribution in [0.4, 0.5) is 0 Å². The average Bonchev–Trinajstić information content (AvgIpc) is 2.67. The number of unbranched alkanes of at least 4 members (excludes halogenated alkanes) is 2. The Labute approximate surface area is 168 Å². The Balaban J connectivity index is 0.000000200. The minimum Gasteiger partial charge on any atom is -0.465 e. The predicted molar refractivity (Wildman–Crippen MR) is 104 cm³/mol. The van der Waals surface area contributed by atoms with Gasteiger partial charge in [-0.25, -0.2) is 0 Å². The van der Waals surface area contributed by atoms with Gasteiger partial charge in [0.05, 0.1) is 33.0 Å². The SMILES string of the molecule is C#CCCCC(=O)OCC1(C)COC1.C#CCCCC12OCC(C)(CO1)CO2. The van der Waals surface area contributed by atoms with Crippen LogP contribution in [0, 0.1) is 35.5 Å². The molecule has 4 aliphatic rings. The quantitative estimate of drug-likeness (QED) is 0.360. The smallest absolute Gasteiger partial charge is 0.305 e. The van der Waals surface area contributed by atoms with Gasteiger partial charge in [-0.15, -0.1) is 24.7 Å². The molecular formula is C22H32O6. The van der Waals surface area contributed by atoms with Crippen LogP contribution in [0.3, 0.4) is 0 Å². The van der Waals surface area contributed by atoms with E-state index in [0.717, 1.165) is 39.1 Å². The molecule has 4 fully saturated rings. The molecule has 156 valence electrons. The van der Waals surface area contributed by atoms with E-state index in [1.54, 1.807) is 0 Å². The zero-order chi connectivity index (χ0) is 20.5. The summed E-state index contributed by atoms with van der Waals surface area (Å²) >= 11 is 0. The van der Waals surface area contributed by atoms with Crippen LogP contribution in [-0.2, 0) is 28.5 Å². The molecule has 0 aromatic heterocycles. The van der Waals surface area contributed by atoms with E-state index >= 15 is 0 Å². The van der Waals surface area contributed by atoms with Crippen LogP contribution in [0.1, 0.15) is 52.4 Å². The number of hydrogen-bond acceptors (Lipinski definition) is 6. The summed E-state index contributed by atoms with van der Waals surface area (Å²) in [6.45, 7) is 8.16. The molecule has 0 aromatic carbocycles. The number of hydrogen-bond donors (Lipinski definition) is 0. The Bertz CT molecular complexity index is 571. The lowest BCUT2D eigenvalue weighted by molar-refractivity contribution is -0.467. The summed E-state index contributed by atoms with van der Waals surface area (Å²) in [5.41, 5.74) is 0.0929. The standard InChI is InChI=1S/2C11H16O3/c1-3-4-5-6-11-12-7-10(2,8-13-11)9-14-11;1-3-4-5-6-10(12)14-9-11(2)7-13-8-11/h2*1H,4-9H2,2H3. The Kier molecular flexibility index (Phi) is 8.34. The molecule has 0 spiro atoms. The van der Waals surface area contributed by atoms with Gasteiger partial charge in [0, 0.05) is 36.5 Å². The highest BCUT2D eigenvalue weighted by Gasteiger charge is 2.49. The maximum atomic E-state index is 11.2. The molecule has 0 unspecified atom stereocenters. The molecule has 0 radical (unpaired) electrons. The number of ether oxygens (including phenoxy) is 5. The molecule has 0 aliphatic carbocycles.